The normalized spacial score (nSPS) is 12.0. The average Bonchev–Trinajstić information content (AvgIpc) is 2.46. The van der Waals surface area contributed by atoms with Crippen LogP contribution in [0.5, 0.6) is 17.2 Å². The predicted molar refractivity (Wildman–Crippen MR) is 118 cm³/mol. The molecule has 0 aromatic heterocycles. The highest BCUT2D eigenvalue weighted by molar-refractivity contribution is 14.1. The molecule has 0 aliphatic carbocycles. The largest absolute Gasteiger partial charge is 0.504 e. The second-order valence-corrected chi connectivity index (χ2v) is 9.12. The van der Waals surface area contributed by atoms with Crippen LogP contribution in [0.15, 0.2) is 24.3 Å². The third kappa shape index (κ3) is 4.72. The number of aromatic hydroxyl groups is 1. The first-order valence-corrected chi connectivity index (χ1v) is 10.3. The molecule has 0 radical (unpaired) electrons. The lowest BCUT2D eigenvalue weighted by atomic mass is 10.1. The Balaban J connectivity index is 2.44. The second kappa shape index (κ2) is 8.18. The Labute approximate surface area is 186 Å². The summed E-state index contributed by atoms with van der Waals surface area (Å²) in [5.74, 6) is -0.438. The molecule has 122 valence electrons. The van der Waals surface area contributed by atoms with Gasteiger partial charge in [-0.05, 0) is 120 Å². The zero-order valence-corrected chi connectivity index (χ0v) is 19.7. The number of phenolic OH excluding ortho intramolecular Hbond substituents is 1. The fourth-order valence-electron chi connectivity index (χ4n) is 1.71. The molecule has 0 spiro atoms. The van der Waals surface area contributed by atoms with Crippen molar-refractivity contribution in [3.05, 3.63) is 44.1 Å². The van der Waals surface area contributed by atoms with Crippen LogP contribution in [0.2, 0.25) is 0 Å². The van der Waals surface area contributed by atoms with Crippen molar-refractivity contribution in [2.24, 2.45) is 0 Å². The van der Waals surface area contributed by atoms with Crippen molar-refractivity contribution in [3.8, 4) is 17.2 Å². The highest BCUT2D eigenvalue weighted by Gasteiger charge is 2.20. The lowest BCUT2D eigenvalue weighted by molar-refractivity contribution is -0.146. The smallest absolute Gasteiger partial charge is 0.337 e. The van der Waals surface area contributed by atoms with E-state index in [0.29, 0.717) is 22.2 Å². The van der Waals surface area contributed by atoms with Crippen LogP contribution in [0, 0.1) is 14.3 Å². The van der Waals surface area contributed by atoms with E-state index in [1.807, 2.05) is 73.8 Å². The molecule has 5 nitrogen and oxygen atoms in total. The van der Waals surface area contributed by atoms with E-state index >= 15 is 0 Å². The number of carbonyl (C=O) groups is 1. The van der Waals surface area contributed by atoms with Crippen molar-refractivity contribution >= 4 is 96.3 Å². The van der Waals surface area contributed by atoms with Gasteiger partial charge in [0.15, 0.2) is 23.4 Å². The van der Waals surface area contributed by atoms with Gasteiger partial charge in [-0.1, -0.05) is 0 Å². The first kappa shape index (κ1) is 19.7. The Bertz CT molecular complexity index is 755. The van der Waals surface area contributed by atoms with Crippen LogP contribution in [0.4, 0.5) is 0 Å². The number of aliphatic hydroxyl groups is 1. The molecule has 0 aliphatic rings. The van der Waals surface area contributed by atoms with Crippen LogP contribution in [0.3, 0.4) is 0 Å². The van der Waals surface area contributed by atoms with Gasteiger partial charge in [0.2, 0.25) is 0 Å². The van der Waals surface area contributed by atoms with Gasteiger partial charge in [-0.2, -0.15) is 0 Å². The topological polar surface area (TPSA) is 87.0 Å². The Morgan fingerprint density at radius 3 is 2.09 bits per heavy atom. The van der Waals surface area contributed by atoms with Crippen LogP contribution < -0.4 is 4.74 Å². The van der Waals surface area contributed by atoms with Gasteiger partial charge in [0.25, 0.3) is 0 Å². The zero-order chi connectivity index (χ0) is 17.3. The summed E-state index contributed by atoms with van der Waals surface area (Å²) in [6.07, 6.45) is -1.59. The van der Waals surface area contributed by atoms with E-state index in [2.05, 4.69) is 22.6 Å². The van der Waals surface area contributed by atoms with Gasteiger partial charge < -0.3 is 20.1 Å². The maximum Gasteiger partial charge on any atom is 0.337 e. The molecule has 23 heavy (non-hydrogen) atoms. The fraction of sp³-hybridized carbons (Fsp3) is 0.0714. The van der Waals surface area contributed by atoms with Crippen LogP contribution >= 0.6 is 90.4 Å². The molecule has 9 heteroatoms. The number of aliphatic carboxylic acids is 1. The maximum atomic E-state index is 10.9. The van der Waals surface area contributed by atoms with Gasteiger partial charge in [-0.15, -0.1) is 0 Å². The number of phenols is 1. The number of carboxylic acid groups (broad SMARTS) is 1. The lowest BCUT2D eigenvalue weighted by Crippen LogP contribution is -2.11. The third-order valence-electron chi connectivity index (χ3n) is 2.78. The molecule has 2 aromatic carbocycles. The molecule has 1 unspecified atom stereocenters. The van der Waals surface area contributed by atoms with E-state index in [1.165, 1.54) is 0 Å². The predicted octanol–water partition coefficient (Wildman–Crippen LogP) is 4.72. The monoisotopic (exact) mass is 764 g/mol. The molecule has 0 aliphatic heterocycles. The molecule has 0 amide bonds. The molecular formula is C14H8I4O5. The minimum Gasteiger partial charge on any atom is -0.504 e. The first-order valence-electron chi connectivity index (χ1n) is 5.96. The van der Waals surface area contributed by atoms with Crippen LogP contribution in [-0.4, -0.2) is 21.3 Å². The highest BCUT2D eigenvalue weighted by Crippen LogP contribution is 2.40. The number of benzene rings is 2. The minimum atomic E-state index is -1.59. The van der Waals surface area contributed by atoms with E-state index in [9.17, 15) is 15.0 Å². The number of aliphatic hydroxyl groups excluding tert-OH is 1. The molecule has 2 rings (SSSR count). The summed E-state index contributed by atoms with van der Waals surface area (Å²) in [5.41, 5.74) is 0.278. The summed E-state index contributed by atoms with van der Waals surface area (Å²) in [7, 11) is 0. The second-order valence-electron chi connectivity index (χ2n) is 4.39. The molecule has 0 saturated carbocycles. The number of ether oxygens (including phenoxy) is 1. The molecule has 2 aromatic rings. The SMILES string of the molecule is O=C(O)C(O)c1cc(I)c(Oc2cc(I)cc(I)c2O)c(I)c1. The van der Waals surface area contributed by atoms with E-state index < -0.39 is 12.1 Å². The molecule has 0 saturated heterocycles. The zero-order valence-electron chi connectivity index (χ0n) is 11.1. The van der Waals surface area contributed by atoms with Gasteiger partial charge in [0.1, 0.15) is 0 Å². The van der Waals surface area contributed by atoms with Gasteiger partial charge in [0.05, 0.1) is 10.7 Å². The maximum absolute atomic E-state index is 10.9. The molecular weight excluding hydrogens is 756 g/mol. The fourth-order valence-corrected chi connectivity index (χ4v) is 5.54. The van der Waals surface area contributed by atoms with Crippen molar-refractivity contribution in [3.63, 3.8) is 0 Å². The standard InChI is InChI=1S/C14H8I4O5/c15-6-3-7(16)12(20)10(4-6)23-13-8(17)1-5(2-9(13)18)11(19)14(21)22/h1-4,11,19-20H,(H,21,22). The van der Waals surface area contributed by atoms with Crippen molar-refractivity contribution < 1.29 is 24.9 Å². The third-order valence-corrected chi connectivity index (χ3v) is 5.82. The Hall–Kier alpha value is 0.390. The van der Waals surface area contributed by atoms with E-state index in [1.54, 1.807) is 18.2 Å². The Morgan fingerprint density at radius 2 is 1.57 bits per heavy atom. The van der Waals surface area contributed by atoms with Gasteiger partial charge in [-0.3, -0.25) is 0 Å². The number of rotatable bonds is 4. The average molecular weight is 764 g/mol. The first-order chi connectivity index (χ1) is 10.7. The lowest BCUT2D eigenvalue weighted by Gasteiger charge is -2.15. The van der Waals surface area contributed by atoms with E-state index in [-0.39, 0.29) is 11.3 Å². The van der Waals surface area contributed by atoms with Gasteiger partial charge in [-0.25, -0.2) is 4.79 Å². The molecule has 0 heterocycles. The highest BCUT2D eigenvalue weighted by atomic mass is 127. The summed E-state index contributed by atoms with van der Waals surface area (Å²) in [6, 6.07) is 6.63. The van der Waals surface area contributed by atoms with Crippen molar-refractivity contribution in [1.29, 1.82) is 0 Å². The van der Waals surface area contributed by atoms with E-state index in [4.69, 9.17) is 9.84 Å². The molecule has 3 N–H and O–H groups in total. The summed E-state index contributed by atoms with van der Waals surface area (Å²) >= 11 is 8.16. The number of hydrogen-bond acceptors (Lipinski definition) is 4. The van der Waals surface area contributed by atoms with Crippen molar-refractivity contribution in [2.75, 3.05) is 0 Å². The number of halogens is 4. The van der Waals surface area contributed by atoms with Crippen molar-refractivity contribution in [1.82, 2.24) is 0 Å². The van der Waals surface area contributed by atoms with E-state index in [0.717, 1.165) is 3.57 Å². The molecule has 0 bridgehead atoms. The molecule has 0 fully saturated rings. The number of hydrogen-bond donors (Lipinski definition) is 3. The number of carboxylic acids is 1. The van der Waals surface area contributed by atoms with Gasteiger partial charge in [0, 0.05) is 3.57 Å². The van der Waals surface area contributed by atoms with Crippen LogP contribution in [0.1, 0.15) is 11.7 Å². The minimum absolute atomic E-state index is 0.0484. The summed E-state index contributed by atoms with van der Waals surface area (Å²) < 4.78 is 8.69. The Morgan fingerprint density at radius 1 is 1.00 bits per heavy atom. The quantitative estimate of drug-likeness (QED) is 0.393. The summed E-state index contributed by atoms with van der Waals surface area (Å²) in [6.45, 7) is 0. The van der Waals surface area contributed by atoms with Crippen molar-refractivity contribution in [2.45, 2.75) is 6.10 Å². The molecule has 1 atom stereocenters. The van der Waals surface area contributed by atoms with Gasteiger partial charge >= 0.3 is 5.97 Å². The summed E-state index contributed by atoms with van der Waals surface area (Å²) in [4.78, 5) is 10.9. The van der Waals surface area contributed by atoms with Crippen LogP contribution in [0.25, 0.3) is 0 Å². The van der Waals surface area contributed by atoms with Crippen LogP contribution in [-0.2, 0) is 4.79 Å². The Kier molecular flexibility index (Phi) is 7.01. The summed E-state index contributed by atoms with van der Waals surface area (Å²) in [5, 5.41) is 28.7.